The van der Waals surface area contributed by atoms with Crippen molar-refractivity contribution in [2.45, 2.75) is 38.4 Å². The van der Waals surface area contributed by atoms with E-state index in [1.165, 1.54) is 12.1 Å². The Kier molecular flexibility index (Phi) is 6.78. The first-order valence-corrected chi connectivity index (χ1v) is 11.5. The van der Waals surface area contributed by atoms with Gasteiger partial charge in [-0.1, -0.05) is 11.6 Å². The number of carbonyl (C=O) groups excluding carboxylic acids is 1. The zero-order chi connectivity index (χ0) is 25.5. The van der Waals surface area contributed by atoms with Crippen molar-refractivity contribution >= 4 is 44.8 Å². The SMILES string of the molecule is Cc1cc(Cl)ccc1Oc1cc(NC(=O)Cn2nc(C(F)(F)F)c(Br)c2C2CC2)cc([N+](=O)[O-])c1. The molecule has 0 saturated heterocycles. The first-order valence-electron chi connectivity index (χ1n) is 10.3. The third kappa shape index (κ3) is 5.76. The van der Waals surface area contributed by atoms with E-state index in [-0.39, 0.29) is 27.5 Å². The van der Waals surface area contributed by atoms with Crippen molar-refractivity contribution in [2.75, 3.05) is 5.32 Å². The largest absolute Gasteiger partial charge is 0.457 e. The maximum Gasteiger partial charge on any atom is 0.436 e. The van der Waals surface area contributed by atoms with Crippen molar-refractivity contribution in [2.24, 2.45) is 0 Å². The van der Waals surface area contributed by atoms with Crippen molar-refractivity contribution in [1.82, 2.24) is 9.78 Å². The molecule has 2 aromatic carbocycles. The van der Waals surface area contributed by atoms with Gasteiger partial charge >= 0.3 is 6.18 Å². The predicted octanol–water partition coefficient (Wildman–Crippen LogP) is 6.84. The van der Waals surface area contributed by atoms with Crippen molar-refractivity contribution in [3.05, 3.63) is 73.0 Å². The molecule has 1 amide bonds. The molecule has 1 heterocycles. The van der Waals surface area contributed by atoms with E-state index in [9.17, 15) is 28.1 Å². The number of anilines is 1. The summed E-state index contributed by atoms with van der Waals surface area (Å²) < 4.78 is 46.5. The van der Waals surface area contributed by atoms with Gasteiger partial charge in [0.25, 0.3) is 5.69 Å². The molecule has 1 aromatic heterocycles. The number of aryl methyl sites for hydroxylation is 1. The van der Waals surface area contributed by atoms with Gasteiger partial charge in [-0.3, -0.25) is 19.6 Å². The highest BCUT2D eigenvalue weighted by Gasteiger charge is 2.42. The number of nitro benzene ring substituents is 1. The third-order valence-corrected chi connectivity index (χ3v) is 6.23. The third-order valence-electron chi connectivity index (χ3n) is 5.21. The predicted molar refractivity (Wildman–Crippen MR) is 125 cm³/mol. The van der Waals surface area contributed by atoms with Gasteiger partial charge in [-0.2, -0.15) is 18.3 Å². The number of benzene rings is 2. The summed E-state index contributed by atoms with van der Waals surface area (Å²) in [6, 6.07) is 8.55. The van der Waals surface area contributed by atoms with Crippen molar-refractivity contribution in [1.29, 1.82) is 0 Å². The summed E-state index contributed by atoms with van der Waals surface area (Å²) in [6.45, 7) is 1.24. The number of nitrogens with one attached hydrogen (secondary N) is 1. The normalized spacial score (nSPS) is 13.5. The van der Waals surface area contributed by atoms with Gasteiger partial charge in [0.2, 0.25) is 5.91 Å². The van der Waals surface area contributed by atoms with E-state index in [1.54, 1.807) is 25.1 Å². The Morgan fingerprint density at radius 3 is 2.63 bits per heavy atom. The maximum atomic E-state index is 13.3. The van der Waals surface area contributed by atoms with Gasteiger partial charge in [0.15, 0.2) is 5.69 Å². The lowest BCUT2D eigenvalue weighted by Gasteiger charge is -2.12. The second-order valence-corrected chi connectivity index (χ2v) is 9.24. The maximum absolute atomic E-state index is 13.3. The number of aromatic nitrogens is 2. The minimum absolute atomic E-state index is 0.0426. The second kappa shape index (κ2) is 9.50. The number of ether oxygens (including phenoxy) is 1. The standard InChI is InChI=1S/C22H17BrClF3N4O4/c1-11-6-13(24)4-5-17(11)35-16-8-14(7-15(9-16)31(33)34)28-18(32)10-30-20(12-2-3-12)19(23)21(29-30)22(25,26)27/h4-9,12H,2-3,10H2,1H3,(H,28,32). The Bertz CT molecular complexity index is 1320. The topological polar surface area (TPSA) is 99.3 Å². The van der Waals surface area contributed by atoms with E-state index in [4.69, 9.17) is 16.3 Å². The summed E-state index contributed by atoms with van der Waals surface area (Å²) in [5.74, 6) is -0.340. The van der Waals surface area contributed by atoms with Crippen LogP contribution in [0.25, 0.3) is 0 Å². The molecule has 1 aliphatic rings. The number of nitrogens with zero attached hydrogens (tertiary/aromatic N) is 3. The molecule has 3 aromatic rings. The zero-order valence-corrected chi connectivity index (χ0v) is 20.4. The molecule has 35 heavy (non-hydrogen) atoms. The summed E-state index contributed by atoms with van der Waals surface area (Å²) in [6.07, 6.45) is -3.30. The molecule has 8 nitrogen and oxygen atoms in total. The summed E-state index contributed by atoms with van der Waals surface area (Å²) in [5, 5.41) is 18.0. The molecule has 0 atom stereocenters. The van der Waals surface area contributed by atoms with Crippen LogP contribution in [-0.2, 0) is 17.5 Å². The first-order chi connectivity index (χ1) is 16.4. The Hall–Kier alpha value is -3.12. The fourth-order valence-corrected chi connectivity index (χ4v) is 4.57. The Balaban J connectivity index is 1.58. The lowest BCUT2D eigenvalue weighted by atomic mass is 10.2. The lowest BCUT2D eigenvalue weighted by Crippen LogP contribution is -2.21. The van der Waals surface area contributed by atoms with E-state index in [0.29, 0.717) is 34.9 Å². The molecule has 184 valence electrons. The zero-order valence-electron chi connectivity index (χ0n) is 18.0. The van der Waals surface area contributed by atoms with Crippen LogP contribution in [0.3, 0.4) is 0 Å². The van der Waals surface area contributed by atoms with E-state index in [1.807, 2.05) is 0 Å². The Labute approximate surface area is 210 Å². The highest BCUT2D eigenvalue weighted by atomic mass is 79.9. The first kappa shape index (κ1) is 25.0. The van der Waals surface area contributed by atoms with Gasteiger partial charge in [-0.25, -0.2) is 0 Å². The molecule has 0 bridgehead atoms. The summed E-state index contributed by atoms with van der Waals surface area (Å²) in [4.78, 5) is 23.4. The average molecular weight is 574 g/mol. The number of halogens is 5. The van der Waals surface area contributed by atoms with Gasteiger partial charge in [-0.15, -0.1) is 0 Å². The van der Waals surface area contributed by atoms with Crippen LogP contribution in [0.2, 0.25) is 5.02 Å². The van der Waals surface area contributed by atoms with Crippen LogP contribution >= 0.6 is 27.5 Å². The number of hydrogen-bond acceptors (Lipinski definition) is 5. The molecule has 4 rings (SSSR count). The molecule has 0 radical (unpaired) electrons. The Morgan fingerprint density at radius 1 is 1.31 bits per heavy atom. The fourth-order valence-electron chi connectivity index (χ4n) is 3.51. The minimum atomic E-state index is -4.68. The highest BCUT2D eigenvalue weighted by Crippen LogP contribution is 2.47. The molecular formula is C22H17BrClF3N4O4. The highest BCUT2D eigenvalue weighted by molar-refractivity contribution is 9.10. The number of nitro groups is 1. The van der Waals surface area contributed by atoms with E-state index < -0.39 is 29.2 Å². The number of amides is 1. The van der Waals surface area contributed by atoms with Crippen LogP contribution in [0.1, 0.15) is 35.7 Å². The summed E-state index contributed by atoms with van der Waals surface area (Å²) in [5.41, 5.74) is -0.414. The number of rotatable bonds is 7. The smallest absolute Gasteiger partial charge is 0.436 e. The molecule has 1 N–H and O–H groups in total. The van der Waals surface area contributed by atoms with E-state index >= 15 is 0 Å². The van der Waals surface area contributed by atoms with Gasteiger partial charge in [-0.05, 0) is 59.5 Å². The lowest BCUT2D eigenvalue weighted by molar-refractivity contribution is -0.384. The van der Waals surface area contributed by atoms with Crippen molar-refractivity contribution < 1.29 is 27.6 Å². The van der Waals surface area contributed by atoms with Gasteiger partial charge in [0.05, 0.1) is 26.8 Å². The number of non-ortho nitro benzene ring substituents is 1. The summed E-state index contributed by atoms with van der Waals surface area (Å²) in [7, 11) is 0. The molecule has 1 saturated carbocycles. The molecule has 1 fully saturated rings. The quantitative estimate of drug-likeness (QED) is 0.246. The molecule has 13 heteroatoms. The van der Waals surface area contributed by atoms with Crippen LogP contribution < -0.4 is 10.1 Å². The van der Waals surface area contributed by atoms with E-state index in [2.05, 4.69) is 26.3 Å². The summed E-state index contributed by atoms with van der Waals surface area (Å²) >= 11 is 8.92. The molecule has 0 unspecified atom stereocenters. The van der Waals surface area contributed by atoms with Crippen LogP contribution in [0.15, 0.2) is 40.9 Å². The van der Waals surface area contributed by atoms with Gasteiger partial charge in [0, 0.05) is 23.1 Å². The molecular weight excluding hydrogens is 557 g/mol. The van der Waals surface area contributed by atoms with Crippen molar-refractivity contribution in [3.8, 4) is 11.5 Å². The minimum Gasteiger partial charge on any atom is -0.457 e. The van der Waals surface area contributed by atoms with Crippen LogP contribution in [-0.4, -0.2) is 20.6 Å². The van der Waals surface area contributed by atoms with Crippen molar-refractivity contribution in [3.63, 3.8) is 0 Å². The van der Waals surface area contributed by atoms with Crippen LogP contribution in [0.4, 0.5) is 24.5 Å². The van der Waals surface area contributed by atoms with Gasteiger partial charge in [0.1, 0.15) is 18.0 Å². The van der Waals surface area contributed by atoms with Crippen LogP contribution in [0.5, 0.6) is 11.5 Å². The fraction of sp³-hybridized carbons (Fsp3) is 0.273. The molecule has 1 aliphatic carbocycles. The molecule has 0 spiro atoms. The Morgan fingerprint density at radius 2 is 2.03 bits per heavy atom. The number of alkyl halides is 3. The van der Waals surface area contributed by atoms with E-state index in [0.717, 1.165) is 10.7 Å². The number of hydrogen-bond donors (Lipinski definition) is 1. The average Bonchev–Trinajstić information content (AvgIpc) is 3.52. The second-order valence-electron chi connectivity index (χ2n) is 8.01. The number of carbonyl (C=O) groups is 1. The monoisotopic (exact) mass is 572 g/mol. The molecule has 0 aliphatic heterocycles. The van der Waals surface area contributed by atoms with Gasteiger partial charge < -0.3 is 10.1 Å². The van der Waals surface area contributed by atoms with Crippen LogP contribution in [0, 0.1) is 17.0 Å².